The van der Waals surface area contributed by atoms with Gasteiger partial charge >= 0.3 is 0 Å². The number of benzene rings is 2. The number of nitrogens with zero attached hydrogens (tertiary/aromatic N) is 1. The van der Waals surface area contributed by atoms with Gasteiger partial charge in [0.2, 0.25) is 0 Å². The number of hydrogen-bond donors (Lipinski definition) is 1. The lowest BCUT2D eigenvalue weighted by molar-refractivity contribution is 0.210. The van der Waals surface area contributed by atoms with Crippen molar-refractivity contribution in [2.75, 3.05) is 7.05 Å². The zero-order chi connectivity index (χ0) is 15.8. The predicted octanol–water partition coefficient (Wildman–Crippen LogP) is 5.44. The lowest BCUT2D eigenvalue weighted by atomic mass is 9.90. The van der Waals surface area contributed by atoms with Gasteiger partial charge < -0.3 is 4.98 Å². The highest BCUT2D eigenvalue weighted by molar-refractivity contribution is 9.10. The highest BCUT2D eigenvalue weighted by atomic mass is 79.9. The van der Waals surface area contributed by atoms with E-state index < -0.39 is 0 Å². The maximum atomic E-state index is 3.70. The van der Waals surface area contributed by atoms with Gasteiger partial charge in [-0.3, -0.25) is 4.90 Å². The molecule has 2 aromatic carbocycles. The summed E-state index contributed by atoms with van der Waals surface area (Å²) >= 11 is 3.61. The summed E-state index contributed by atoms with van der Waals surface area (Å²) < 4.78 is 1.16. The minimum Gasteiger partial charge on any atom is -0.357 e. The molecule has 1 aliphatic rings. The molecule has 1 atom stereocenters. The summed E-state index contributed by atoms with van der Waals surface area (Å²) in [6.07, 6.45) is 3.67. The van der Waals surface area contributed by atoms with E-state index in [9.17, 15) is 0 Å². The lowest BCUT2D eigenvalue weighted by Crippen LogP contribution is -2.27. The van der Waals surface area contributed by atoms with E-state index in [4.69, 9.17) is 0 Å². The van der Waals surface area contributed by atoms with Crippen molar-refractivity contribution >= 4 is 26.8 Å². The third-order valence-electron chi connectivity index (χ3n) is 4.95. The highest BCUT2D eigenvalue weighted by Gasteiger charge is 2.27. The SMILES string of the molecule is CN(Cc1ccccc1)C1CCCc2c1[nH]c1ccc(Br)cc21. The van der Waals surface area contributed by atoms with E-state index in [0.717, 1.165) is 11.0 Å². The summed E-state index contributed by atoms with van der Waals surface area (Å²) in [6.45, 7) is 0.990. The first-order valence-corrected chi connectivity index (χ1v) is 9.06. The number of rotatable bonds is 3. The molecule has 1 heterocycles. The molecule has 0 spiro atoms. The molecular formula is C20H21BrN2. The van der Waals surface area contributed by atoms with Gasteiger partial charge in [-0.05, 0) is 55.6 Å². The Hall–Kier alpha value is -1.58. The molecule has 1 aliphatic carbocycles. The minimum absolute atomic E-state index is 0.477. The maximum Gasteiger partial charge on any atom is 0.0502 e. The smallest absolute Gasteiger partial charge is 0.0502 e. The fourth-order valence-corrected chi connectivity index (χ4v) is 4.19. The standard InChI is InChI=1S/C20H21BrN2/c1-23(13-14-6-3-2-4-7-14)19-9-5-8-16-17-12-15(21)10-11-18(17)22-20(16)19/h2-4,6-7,10-12,19,22H,5,8-9,13H2,1H3. The van der Waals surface area contributed by atoms with E-state index in [0.29, 0.717) is 6.04 Å². The second-order valence-corrected chi connectivity index (χ2v) is 7.43. The van der Waals surface area contributed by atoms with Gasteiger partial charge in [-0.25, -0.2) is 0 Å². The predicted molar refractivity (Wildman–Crippen MR) is 99.6 cm³/mol. The lowest BCUT2D eigenvalue weighted by Gasteiger charge is -2.31. The number of fused-ring (bicyclic) bond motifs is 3. The van der Waals surface area contributed by atoms with Crippen molar-refractivity contribution in [1.29, 1.82) is 0 Å². The van der Waals surface area contributed by atoms with Crippen LogP contribution in [0.4, 0.5) is 0 Å². The van der Waals surface area contributed by atoms with Crippen LogP contribution in [0.15, 0.2) is 53.0 Å². The summed E-state index contributed by atoms with van der Waals surface area (Å²) in [5, 5.41) is 1.38. The first kappa shape index (κ1) is 15.0. The Morgan fingerprint density at radius 2 is 2.00 bits per heavy atom. The number of H-pyrrole nitrogens is 1. The van der Waals surface area contributed by atoms with Gasteiger partial charge in [0.25, 0.3) is 0 Å². The molecule has 2 nitrogen and oxygen atoms in total. The van der Waals surface area contributed by atoms with Crippen LogP contribution in [-0.2, 0) is 13.0 Å². The van der Waals surface area contributed by atoms with E-state index in [1.54, 1.807) is 0 Å². The molecule has 0 fully saturated rings. The molecule has 23 heavy (non-hydrogen) atoms. The molecule has 1 aromatic heterocycles. The van der Waals surface area contributed by atoms with Gasteiger partial charge in [0.1, 0.15) is 0 Å². The van der Waals surface area contributed by atoms with Crippen LogP contribution in [0, 0.1) is 0 Å². The zero-order valence-corrected chi connectivity index (χ0v) is 14.9. The molecule has 1 N–H and O–H groups in total. The fraction of sp³-hybridized carbons (Fsp3) is 0.300. The molecule has 0 radical (unpaired) electrons. The molecule has 1 unspecified atom stereocenters. The summed E-state index contributed by atoms with van der Waals surface area (Å²) in [5.41, 5.74) is 5.57. The molecule has 3 aromatic rings. The first-order valence-electron chi connectivity index (χ1n) is 8.26. The third kappa shape index (κ3) is 2.84. The molecule has 0 saturated carbocycles. The van der Waals surface area contributed by atoms with Gasteiger partial charge in [-0.15, -0.1) is 0 Å². The van der Waals surface area contributed by atoms with Gasteiger partial charge in [0.15, 0.2) is 0 Å². The number of nitrogens with one attached hydrogen (secondary N) is 1. The van der Waals surface area contributed by atoms with Crippen molar-refractivity contribution in [2.45, 2.75) is 31.8 Å². The highest BCUT2D eigenvalue weighted by Crippen LogP contribution is 2.38. The zero-order valence-electron chi connectivity index (χ0n) is 13.3. The van der Waals surface area contributed by atoms with E-state index in [-0.39, 0.29) is 0 Å². The van der Waals surface area contributed by atoms with Crippen molar-refractivity contribution < 1.29 is 0 Å². The quantitative estimate of drug-likeness (QED) is 0.651. The number of hydrogen-bond acceptors (Lipinski definition) is 1. The summed E-state index contributed by atoms with van der Waals surface area (Å²) in [4.78, 5) is 6.18. The average Bonchev–Trinajstić information content (AvgIpc) is 2.93. The number of aromatic amines is 1. The number of halogens is 1. The monoisotopic (exact) mass is 368 g/mol. The van der Waals surface area contributed by atoms with Crippen LogP contribution in [0.2, 0.25) is 0 Å². The van der Waals surface area contributed by atoms with Crippen LogP contribution in [0.1, 0.15) is 35.7 Å². The molecular weight excluding hydrogens is 348 g/mol. The van der Waals surface area contributed by atoms with Crippen molar-refractivity contribution in [2.24, 2.45) is 0 Å². The van der Waals surface area contributed by atoms with Gasteiger partial charge in [-0.2, -0.15) is 0 Å². The van der Waals surface area contributed by atoms with Crippen LogP contribution >= 0.6 is 15.9 Å². The normalized spacial score (nSPS) is 17.6. The van der Waals surface area contributed by atoms with E-state index in [1.165, 1.54) is 47.0 Å². The topological polar surface area (TPSA) is 19.0 Å². The largest absolute Gasteiger partial charge is 0.357 e. The van der Waals surface area contributed by atoms with Crippen molar-refractivity contribution in [3.63, 3.8) is 0 Å². The minimum atomic E-state index is 0.477. The molecule has 0 saturated heterocycles. The second kappa shape index (κ2) is 6.14. The van der Waals surface area contributed by atoms with Crippen LogP contribution < -0.4 is 0 Å². The summed E-state index contributed by atoms with van der Waals surface area (Å²) in [5.74, 6) is 0. The Morgan fingerprint density at radius 3 is 2.83 bits per heavy atom. The Bertz CT molecular complexity index is 822. The van der Waals surface area contributed by atoms with E-state index in [1.807, 2.05) is 0 Å². The first-order chi connectivity index (χ1) is 11.2. The van der Waals surface area contributed by atoms with Crippen LogP contribution in [0.3, 0.4) is 0 Å². The Morgan fingerprint density at radius 1 is 1.17 bits per heavy atom. The van der Waals surface area contributed by atoms with Crippen LogP contribution in [-0.4, -0.2) is 16.9 Å². The molecule has 118 valence electrons. The number of aromatic nitrogens is 1. The van der Waals surface area contributed by atoms with E-state index in [2.05, 4.69) is 81.4 Å². The Labute approximate surface area is 145 Å². The van der Waals surface area contributed by atoms with E-state index >= 15 is 0 Å². The Balaban J connectivity index is 1.68. The third-order valence-corrected chi connectivity index (χ3v) is 5.44. The van der Waals surface area contributed by atoms with Crippen LogP contribution in [0.25, 0.3) is 10.9 Å². The van der Waals surface area contributed by atoms with Crippen LogP contribution in [0.5, 0.6) is 0 Å². The molecule has 0 aliphatic heterocycles. The van der Waals surface area contributed by atoms with Gasteiger partial charge in [0.05, 0.1) is 6.04 Å². The molecule has 0 amide bonds. The van der Waals surface area contributed by atoms with Gasteiger partial charge in [-0.1, -0.05) is 46.3 Å². The molecule has 4 rings (SSSR count). The molecule has 0 bridgehead atoms. The summed E-state index contributed by atoms with van der Waals surface area (Å²) in [7, 11) is 2.24. The van der Waals surface area contributed by atoms with Crippen molar-refractivity contribution in [3.05, 3.63) is 69.8 Å². The van der Waals surface area contributed by atoms with Crippen molar-refractivity contribution in [1.82, 2.24) is 9.88 Å². The fourth-order valence-electron chi connectivity index (χ4n) is 3.83. The van der Waals surface area contributed by atoms with Gasteiger partial charge in [0, 0.05) is 27.6 Å². The second-order valence-electron chi connectivity index (χ2n) is 6.52. The Kier molecular flexibility index (Phi) is 4.00. The molecule has 3 heteroatoms. The summed E-state index contributed by atoms with van der Waals surface area (Å²) in [6, 6.07) is 17.8. The average molecular weight is 369 g/mol. The maximum absolute atomic E-state index is 3.70. The number of aryl methyl sites for hydroxylation is 1. The van der Waals surface area contributed by atoms with Crippen molar-refractivity contribution in [3.8, 4) is 0 Å².